The first kappa shape index (κ1) is 10.6. The molecule has 0 amide bonds. The monoisotopic (exact) mass is 258 g/mol. The van der Waals surface area contributed by atoms with Gasteiger partial charge in [0.15, 0.2) is 0 Å². The number of hydrogen-bond donors (Lipinski definition) is 0. The van der Waals surface area contributed by atoms with Crippen LogP contribution >= 0.6 is 0 Å². The lowest BCUT2D eigenvalue weighted by molar-refractivity contribution is 0.184. The van der Waals surface area contributed by atoms with Crippen LogP contribution in [0, 0.1) is 5.41 Å². The predicted octanol–water partition coefficient (Wildman–Crippen LogP) is 4.21. The molecule has 1 nitrogen and oxygen atoms in total. The van der Waals surface area contributed by atoms with Gasteiger partial charge < -0.3 is 4.74 Å². The normalized spacial score (nSPS) is 26.0. The van der Waals surface area contributed by atoms with Crippen molar-refractivity contribution in [2.24, 2.45) is 5.41 Å². The van der Waals surface area contributed by atoms with Gasteiger partial charge in [-0.2, -0.15) is 0 Å². The van der Waals surface area contributed by atoms with Crippen molar-refractivity contribution < 1.29 is 4.74 Å². The van der Waals surface area contributed by atoms with E-state index in [0.29, 0.717) is 0 Å². The summed E-state index contributed by atoms with van der Waals surface area (Å²) in [7, 11) is 0. The number of benzene rings is 2. The fourth-order valence-corrected chi connectivity index (χ4v) is 3.83. The molecule has 20 heavy (non-hydrogen) atoms. The number of hydrogen-bond acceptors (Lipinski definition) is 1. The van der Waals surface area contributed by atoms with Gasteiger partial charge in [-0.1, -0.05) is 60.7 Å². The molecule has 1 atom stereocenters. The van der Waals surface area contributed by atoms with Gasteiger partial charge >= 0.3 is 0 Å². The smallest absolute Gasteiger partial charge is 0.0693 e. The lowest BCUT2D eigenvalue weighted by Gasteiger charge is -2.31. The maximum Gasteiger partial charge on any atom is 0.0693 e. The molecule has 1 spiro atoms. The van der Waals surface area contributed by atoms with Gasteiger partial charge in [0.2, 0.25) is 0 Å². The molecule has 3 aliphatic rings. The average Bonchev–Trinajstić information content (AvgIpc) is 3.04. The van der Waals surface area contributed by atoms with Crippen LogP contribution in [0.1, 0.15) is 11.1 Å². The van der Waals surface area contributed by atoms with Crippen LogP contribution in [0.5, 0.6) is 0 Å². The van der Waals surface area contributed by atoms with Crippen LogP contribution in [0.15, 0.2) is 60.2 Å². The summed E-state index contributed by atoms with van der Waals surface area (Å²) in [5.41, 5.74) is 5.55. The highest BCUT2D eigenvalue weighted by Gasteiger charge is 2.45. The Balaban J connectivity index is 1.83. The molecule has 0 aromatic heterocycles. The van der Waals surface area contributed by atoms with Gasteiger partial charge in [0.25, 0.3) is 0 Å². The molecule has 1 heterocycles. The summed E-state index contributed by atoms with van der Waals surface area (Å²) in [6, 6.07) is 13.1. The second-order valence-electron chi connectivity index (χ2n) is 5.82. The van der Waals surface area contributed by atoms with E-state index in [0.717, 1.165) is 13.2 Å². The highest BCUT2D eigenvalue weighted by atomic mass is 16.5. The van der Waals surface area contributed by atoms with E-state index in [-0.39, 0.29) is 5.41 Å². The summed E-state index contributed by atoms with van der Waals surface area (Å²) in [6.45, 7) is 1.56. The number of ether oxygens (including phenoxy) is 1. The van der Waals surface area contributed by atoms with Crippen molar-refractivity contribution in [1.82, 2.24) is 0 Å². The molecule has 2 aromatic carbocycles. The average molecular weight is 258 g/mol. The van der Waals surface area contributed by atoms with Crippen molar-refractivity contribution in [3.8, 4) is 0 Å². The van der Waals surface area contributed by atoms with Crippen LogP contribution in [-0.2, 0) is 4.74 Å². The molecular weight excluding hydrogens is 244 g/mol. The molecule has 0 saturated carbocycles. The minimum atomic E-state index is 0.0233. The first-order valence-corrected chi connectivity index (χ1v) is 7.09. The highest BCUT2D eigenvalue weighted by Crippen LogP contribution is 2.54. The Morgan fingerprint density at radius 2 is 1.95 bits per heavy atom. The number of rotatable bonds is 0. The van der Waals surface area contributed by atoms with Gasteiger partial charge in [-0.25, -0.2) is 0 Å². The van der Waals surface area contributed by atoms with Crippen LogP contribution in [0.4, 0.5) is 0 Å². The lowest BCUT2D eigenvalue weighted by atomic mass is 9.71. The van der Waals surface area contributed by atoms with E-state index in [9.17, 15) is 0 Å². The third-order valence-electron chi connectivity index (χ3n) is 4.89. The molecule has 0 unspecified atom stereocenters. The Morgan fingerprint density at radius 1 is 1.00 bits per heavy atom. The second kappa shape index (κ2) is 3.50. The Labute approximate surface area is 117 Å². The summed E-state index contributed by atoms with van der Waals surface area (Å²) in [5.74, 6) is 0. The predicted molar refractivity (Wildman–Crippen MR) is 82.3 cm³/mol. The van der Waals surface area contributed by atoms with Crippen molar-refractivity contribution in [2.75, 3.05) is 13.2 Å². The summed E-state index contributed by atoms with van der Waals surface area (Å²) in [5, 5.41) is 2.64. The van der Waals surface area contributed by atoms with Gasteiger partial charge in [0.05, 0.1) is 18.6 Å². The van der Waals surface area contributed by atoms with E-state index >= 15 is 0 Å². The van der Waals surface area contributed by atoms with Gasteiger partial charge in [0.1, 0.15) is 0 Å². The third kappa shape index (κ3) is 1.13. The van der Waals surface area contributed by atoms with Gasteiger partial charge in [-0.05, 0) is 33.0 Å². The largest absolute Gasteiger partial charge is 0.375 e. The first-order valence-electron chi connectivity index (χ1n) is 7.09. The van der Waals surface area contributed by atoms with Gasteiger partial charge in [0, 0.05) is 0 Å². The molecule has 1 aliphatic heterocycles. The fourth-order valence-electron chi connectivity index (χ4n) is 3.83. The molecule has 0 bridgehead atoms. The van der Waals surface area contributed by atoms with Crippen LogP contribution in [0.25, 0.3) is 22.4 Å². The summed E-state index contributed by atoms with van der Waals surface area (Å²) >= 11 is 0. The number of fused-ring (bicyclic) bond motifs is 4. The molecule has 1 heteroatoms. The van der Waals surface area contributed by atoms with Crippen LogP contribution in [-0.4, -0.2) is 13.2 Å². The second-order valence-corrected chi connectivity index (χ2v) is 5.82. The van der Waals surface area contributed by atoms with Crippen molar-refractivity contribution in [3.63, 3.8) is 0 Å². The number of allylic oxidation sites excluding steroid dienone is 2. The molecule has 1 fully saturated rings. The molecular formula is C19H14O. The first-order chi connectivity index (χ1) is 9.88. The minimum Gasteiger partial charge on any atom is -0.375 e. The maximum absolute atomic E-state index is 5.71. The van der Waals surface area contributed by atoms with E-state index in [1.165, 1.54) is 33.0 Å². The van der Waals surface area contributed by atoms with E-state index < -0.39 is 0 Å². The SMILES string of the molecule is C1=C[C@]23COCC2=CC=C3c2ccc3ccccc3c21. The molecule has 96 valence electrons. The van der Waals surface area contributed by atoms with Crippen LogP contribution < -0.4 is 0 Å². The van der Waals surface area contributed by atoms with E-state index in [1.807, 2.05) is 0 Å². The molecule has 1 saturated heterocycles. The van der Waals surface area contributed by atoms with E-state index in [4.69, 9.17) is 4.74 Å². The molecule has 2 aromatic rings. The van der Waals surface area contributed by atoms with E-state index in [2.05, 4.69) is 60.7 Å². The zero-order valence-electron chi connectivity index (χ0n) is 11.1. The third-order valence-corrected chi connectivity index (χ3v) is 4.89. The van der Waals surface area contributed by atoms with Crippen molar-refractivity contribution >= 4 is 22.4 Å². The van der Waals surface area contributed by atoms with Gasteiger partial charge in [-0.3, -0.25) is 0 Å². The summed E-state index contributed by atoms with van der Waals surface area (Å²) in [6.07, 6.45) is 9.17. The Bertz CT molecular complexity index is 838. The Morgan fingerprint density at radius 3 is 2.95 bits per heavy atom. The zero-order valence-corrected chi connectivity index (χ0v) is 11.1. The van der Waals surface area contributed by atoms with E-state index in [1.54, 1.807) is 0 Å². The summed E-state index contributed by atoms with van der Waals surface area (Å²) in [4.78, 5) is 0. The van der Waals surface area contributed by atoms with Crippen molar-refractivity contribution in [1.29, 1.82) is 0 Å². The Hall–Kier alpha value is -2.12. The minimum absolute atomic E-state index is 0.0233. The fraction of sp³-hybridized carbons (Fsp3) is 0.158. The van der Waals surface area contributed by atoms with Crippen LogP contribution in [0.3, 0.4) is 0 Å². The molecule has 0 radical (unpaired) electrons. The molecule has 5 rings (SSSR count). The topological polar surface area (TPSA) is 9.23 Å². The van der Waals surface area contributed by atoms with Crippen LogP contribution in [0.2, 0.25) is 0 Å². The van der Waals surface area contributed by atoms with Crippen molar-refractivity contribution in [2.45, 2.75) is 0 Å². The molecule has 0 N–H and O–H groups in total. The van der Waals surface area contributed by atoms with Crippen molar-refractivity contribution in [3.05, 3.63) is 71.3 Å². The lowest BCUT2D eigenvalue weighted by Crippen LogP contribution is -2.22. The molecule has 2 aliphatic carbocycles. The maximum atomic E-state index is 5.71. The summed E-state index contributed by atoms with van der Waals surface area (Å²) < 4.78 is 5.71. The highest BCUT2D eigenvalue weighted by molar-refractivity contribution is 6.00. The quantitative estimate of drug-likeness (QED) is 0.688. The Kier molecular flexibility index (Phi) is 1.86. The standard InChI is InChI=1S/C19H14O/c1-2-4-15-13(3-1)5-7-17-16(15)9-10-19-12-20-11-14(19)6-8-18(17)19/h1-10H,11-12H2/t19-/m0/s1. The zero-order chi connectivity index (χ0) is 13.2. The van der Waals surface area contributed by atoms with Gasteiger partial charge in [-0.15, -0.1) is 0 Å².